The molecule has 4 heteroatoms. The molecular weight excluding hydrogens is 282 g/mol. The normalized spacial score (nSPS) is 10.0. The van der Waals surface area contributed by atoms with Gasteiger partial charge in [-0.25, -0.2) is 4.98 Å². The van der Waals surface area contributed by atoms with Gasteiger partial charge < -0.3 is 9.47 Å². The average molecular weight is 294 g/mol. The number of rotatable bonds is 4. The number of halogens is 1. The molecule has 0 spiro atoms. The Kier molecular flexibility index (Phi) is 3.98. The van der Waals surface area contributed by atoms with Gasteiger partial charge in [0.15, 0.2) is 0 Å². The number of nitrogens with zero attached hydrogens (tertiary/aromatic N) is 1. The zero-order chi connectivity index (χ0) is 12.1. The van der Waals surface area contributed by atoms with Gasteiger partial charge in [-0.2, -0.15) is 0 Å². The monoisotopic (exact) mass is 293 g/mol. The average Bonchev–Trinajstić information content (AvgIpc) is 2.38. The van der Waals surface area contributed by atoms with Crippen LogP contribution < -0.4 is 9.47 Å². The summed E-state index contributed by atoms with van der Waals surface area (Å²) in [5.41, 5.74) is 1.01. The Morgan fingerprint density at radius 2 is 2.00 bits per heavy atom. The van der Waals surface area contributed by atoms with Gasteiger partial charge in [-0.3, -0.25) is 0 Å². The molecule has 0 atom stereocenters. The van der Waals surface area contributed by atoms with Crippen LogP contribution in [0.3, 0.4) is 0 Å². The van der Waals surface area contributed by atoms with Crippen LogP contribution in [0.1, 0.15) is 5.56 Å². The topological polar surface area (TPSA) is 31.4 Å². The molecular formula is C13H12BrNO2. The predicted molar refractivity (Wildman–Crippen MR) is 69.3 cm³/mol. The van der Waals surface area contributed by atoms with Crippen molar-refractivity contribution < 1.29 is 9.47 Å². The molecule has 0 saturated carbocycles. The van der Waals surface area contributed by atoms with Gasteiger partial charge in [0, 0.05) is 17.8 Å². The Bertz CT molecular complexity index is 502. The quantitative estimate of drug-likeness (QED) is 0.810. The van der Waals surface area contributed by atoms with Crippen molar-refractivity contribution in [2.75, 3.05) is 7.11 Å². The summed E-state index contributed by atoms with van der Waals surface area (Å²) in [6, 6.07) is 11.4. The summed E-state index contributed by atoms with van der Waals surface area (Å²) in [7, 11) is 1.64. The number of benzene rings is 1. The zero-order valence-electron chi connectivity index (χ0n) is 9.39. The molecule has 0 fully saturated rings. The molecule has 88 valence electrons. The molecule has 2 rings (SSSR count). The summed E-state index contributed by atoms with van der Waals surface area (Å²) in [5.74, 6) is 1.56. The van der Waals surface area contributed by atoms with Crippen molar-refractivity contribution in [3.8, 4) is 11.5 Å². The highest BCUT2D eigenvalue weighted by Gasteiger charge is 2.01. The first-order valence-corrected chi connectivity index (χ1v) is 5.95. The molecule has 0 bridgehead atoms. The van der Waals surface area contributed by atoms with Gasteiger partial charge in [0.1, 0.15) is 22.7 Å². The van der Waals surface area contributed by atoms with Gasteiger partial charge in [-0.15, -0.1) is 0 Å². The fraction of sp³-hybridized carbons (Fsp3) is 0.154. The first-order valence-electron chi connectivity index (χ1n) is 5.16. The van der Waals surface area contributed by atoms with Crippen molar-refractivity contribution in [2.24, 2.45) is 0 Å². The SMILES string of the molecule is COc1cccc(OCc2cccnc2Br)c1. The number of hydrogen-bond acceptors (Lipinski definition) is 3. The van der Waals surface area contributed by atoms with E-state index in [1.807, 2.05) is 36.4 Å². The lowest BCUT2D eigenvalue weighted by Gasteiger charge is -2.08. The van der Waals surface area contributed by atoms with Gasteiger partial charge in [0.2, 0.25) is 0 Å². The molecule has 0 N–H and O–H groups in total. The maximum atomic E-state index is 5.67. The minimum Gasteiger partial charge on any atom is -0.497 e. The Morgan fingerprint density at radius 1 is 1.18 bits per heavy atom. The summed E-state index contributed by atoms with van der Waals surface area (Å²) < 4.78 is 11.6. The van der Waals surface area contributed by atoms with Crippen molar-refractivity contribution in [3.63, 3.8) is 0 Å². The van der Waals surface area contributed by atoms with Gasteiger partial charge in [0.05, 0.1) is 7.11 Å². The maximum absolute atomic E-state index is 5.67. The molecule has 1 aromatic carbocycles. The van der Waals surface area contributed by atoms with E-state index < -0.39 is 0 Å². The Hall–Kier alpha value is -1.55. The number of methoxy groups -OCH3 is 1. The van der Waals surface area contributed by atoms with E-state index in [0.717, 1.165) is 21.7 Å². The van der Waals surface area contributed by atoms with Crippen LogP contribution in [0.5, 0.6) is 11.5 Å². The van der Waals surface area contributed by atoms with Crippen molar-refractivity contribution in [1.82, 2.24) is 4.98 Å². The molecule has 0 aliphatic rings. The van der Waals surface area contributed by atoms with Crippen LogP contribution in [0.4, 0.5) is 0 Å². The lowest BCUT2D eigenvalue weighted by Crippen LogP contribution is -1.97. The summed E-state index contributed by atoms with van der Waals surface area (Å²) in [5, 5.41) is 0. The van der Waals surface area contributed by atoms with Gasteiger partial charge in [-0.05, 0) is 34.1 Å². The third-order valence-electron chi connectivity index (χ3n) is 2.27. The van der Waals surface area contributed by atoms with Crippen LogP contribution in [0.25, 0.3) is 0 Å². The molecule has 0 unspecified atom stereocenters. The first kappa shape index (κ1) is 11.9. The second-order valence-electron chi connectivity index (χ2n) is 3.42. The minimum absolute atomic E-state index is 0.474. The van der Waals surface area contributed by atoms with Crippen molar-refractivity contribution >= 4 is 15.9 Å². The van der Waals surface area contributed by atoms with E-state index in [0.29, 0.717) is 6.61 Å². The van der Waals surface area contributed by atoms with E-state index in [1.54, 1.807) is 13.3 Å². The lowest BCUT2D eigenvalue weighted by atomic mass is 10.3. The fourth-order valence-corrected chi connectivity index (χ4v) is 1.74. The lowest BCUT2D eigenvalue weighted by molar-refractivity contribution is 0.302. The highest BCUT2D eigenvalue weighted by atomic mass is 79.9. The van der Waals surface area contributed by atoms with Crippen LogP contribution >= 0.6 is 15.9 Å². The molecule has 2 aromatic rings. The molecule has 0 radical (unpaired) electrons. The summed E-state index contributed by atoms with van der Waals surface area (Å²) in [6.45, 7) is 0.474. The maximum Gasteiger partial charge on any atom is 0.123 e. The minimum atomic E-state index is 0.474. The van der Waals surface area contributed by atoms with E-state index in [1.165, 1.54) is 0 Å². The molecule has 3 nitrogen and oxygen atoms in total. The fourth-order valence-electron chi connectivity index (χ4n) is 1.38. The van der Waals surface area contributed by atoms with Crippen molar-refractivity contribution in [3.05, 3.63) is 52.8 Å². The number of pyridine rings is 1. The molecule has 0 amide bonds. The van der Waals surface area contributed by atoms with E-state index in [4.69, 9.17) is 9.47 Å². The molecule has 0 aliphatic carbocycles. The number of hydrogen-bond donors (Lipinski definition) is 0. The van der Waals surface area contributed by atoms with Gasteiger partial charge in [-0.1, -0.05) is 12.1 Å². The third-order valence-corrected chi connectivity index (χ3v) is 2.99. The number of aromatic nitrogens is 1. The van der Waals surface area contributed by atoms with Crippen LogP contribution in [-0.2, 0) is 6.61 Å². The molecule has 17 heavy (non-hydrogen) atoms. The molecule has 1 heterocycles. The Balaban J connectivity index is 2.05. The van der Waals surface area contributed by atoms with Crippen LogP contribution in [0.15, 0.2) is 47.2 Å². The first-order chi connectivity index (χ1) is 8.29. The summed E-state index contributed by atoms with van der Waals surface area (Å²) in [6.07, 6.45) is 1.74. The van der Waals surface area contributed by atoms with E-state index >= 15 is 0 Å². The van der Waals surface area contributed by atoms with Crippen LogP contribution in [-0.4, -0.2) is 12.1 Å². The predicted octanol–water partition coefficient (Wildman–Crippen LogP) is 3.43. The molecule has 1 aromatic heterocycles. The highest BCUT2D eigenvalue weighted by molar-refractivity contribution is 9.10. The van der Waals surface area contributed by atoms with E-state index in [2.05, 4.69) is 20.9 Å². The Morgan fingerprint density at radius 3 is 2.76 bits per heavy atom. The molecule has 0 aliphatic heterocycles. The third kappa shape index (κ3) is 3.20. The zero-order valence-corrected chi connectivity index (χ0v) is 11.0. The smallest absolute Gasteiger partial charge is 0.123 e. The highest BCUT2D eigenvalue weighted by Crippen LogP contribution is 2.21. The van der Waals surface area contributed by atoms with Gasteiger partial charge >= 0.3 is 0 Å². The van der Waals surface area contributed by atoms with Crippen molar-refractivity contribution in [1.29, 1.82) is 0 Å². The van der Waals surface area contributed by atoms with Crippen molar-refractivity contribution in [2.45, 2.75) is 6.61 Å². The van der Waals surface area contributed by atoms with E-state index in [9.17, 15) is 0 Å². The molecule has 0 saturated heterocycles. The summed E-state index contributed by atoms with van der Waals surface area (Å²) >= 11 is 3.38. The second kappa shape index (κ2) is 5.68. The van der Waals surface area contributed by atoms with Crippen LogP contribution in [0, 0.1) is 0 Å². The van der Waals surface area contributed by atoms with E-state index in [-0.39, 0.29) is 0 Å². The Labute approximate surface area is 109 Å². The second-order valence-corrected chi connectivity index (χ2v) is 4.17. The largest absolute Gasteiger partial charge is 0.497 e. The summed E-state index contributed by atoms with van der Waals surface area (Å²) in [4.78, 5) is 4.14. The standard InChI is InChI=1S/C13H12BrNO2/c1-16-11-5-2-6-12(8-11)17-9-10-4-3-7-15-13(10)14/h2-8H,9H2,1H3. The van der Waals surface area contributed by atoms with Gasteiger partial charge in [0.25, 0.3) is 0 Å². The van der Waals surface area contributed by atoms with Crippen LogP contribution in [0.2, 0.25) is 0 Å². The number of ether oxygens (including phenoxy) is 2.